The predicted octanol–water partition coefficient (Wildman–Crippen LogP) is 1.89. The number of carbonyl (C=O) groups excluding carboxylic acids is 1. The molecule has 0 aliphatic carbocycles. The van der Waals surface area contributed by atoms with E-state index in [0.29, 0.717) is 5.02 Å². The predicted molar refractivity (Wildman–Crippen MR) is 61.2 cm³/mol. The minimum Gasteiger partial charge on any atom is -0.397 e. The highest BCUT2D eigenvalue weighted by Gasteiger charge is 2.13. The molecule has 1 unspecified atom stereocenters. The molecule has 1 aromatic carbocycles. The Hall–Kier alpha value is -0.970. The summed E-state index contributed by atoms with van der Waals surface area (Å²) >= 11 is 11.5. The van der Waals surface area contributed by atoms with E-state index in [1.807, 2.05) is 0 Å². The minimum atomic E-state index is -1.13. The van der Waals surface area contributed by atoms with Gasteiger partial charge >= 0.3 is 0 Å². The van der Waals surface area contributed by atoms with Crippen molar-refractivity contribution in [3.8, 4) is 0 Å². The number of nitrogen functional groups attached to an aromatic ring is 1. The van der Waals surface area contributed by atoms with Crippen LogP contribution in [-0.4, -0.2) is 17.1 Å². The third kappa shape index (κ3) is 2.99. The zero-order valence-corrected chi connectivity index (χ0v) is 9.43. The maximum absolute atomic E-state index is 11.2. The van der Waals surface area contributed by atoms with Crippen LogP contribution < -0.4 is 11.1 Å². The first-order valence-electron chi connectivity index (χ1n) is 4.15. The first-order chi connectivity index (χ1) is 6.91. The number of nitrogens with two attached hydrogens (primary N) is 1. The number of carbonyl (C=O) groups is 1. The number of hydrogen-bond donors (Lipinski definition) is 3. The van der Waals surface area contributed by atoms with Gasteiger partial charge in [0, 0.05) is 5.02 Å². The number of aliphatic hydroxyl groups is 1. The molecule has 0 bridgehead atoms. The van der Waals surface area contributed by atoms with E-state index in [0.717, 1.165) is 0 Å². The fourth-order valence-corrected chi connectivity index (χ4v) is 1.51. The third-order valence-corrected chi connectivity index (χ3v) is 2.23. The monoisotopic (exact) mass is 248 g/mol. The molecule has 0 heterocycles. The van der Waals surface area contributed by atoms with E-state index in [4.69, 9.17) is 34.0 Å². The van der Waals surface area contributed by atoms with E-state index in [9.17, 15) is 4.79 Å². The van der Waals surface area contributed by atoms with E-state index >= 15 is 0 Å². The number of amides is 1. The van der Waals surface area contributed by atoms with Gasteiger partial charge in [-0.3, -0.25) is 4.79 Å². The summed E-state index contributed by atoms with van der Waals surface area (Å²) in [6.07, 6.45) is -1.13. The SMILES string of the molecule is CC(O)C(=O)Nc1c(N)cc(Cl)cc1Cl. The van der Waals surface area contributed by atoms with Gasteiger partial charge in [0.05, 0.1) is 16.4 Å². The van der Waals surface area contributed by atoms with Crippen LogP contribution in [0.4, 0.5) is 11.4 Å². The summed E-state index contributed by atoms with van der Waals surface area (Å²) < 4.78 is 0. The number of anilines is 2. The van der Waals surface area contributed by atoms with Crippen LogP contribution in [0.25, 0.3) is 0 Å². The van der Waals surface area contributed by atoms with E-state index in [-0.39, 0.29) is 16.4 Å². The first kappa shape index (κ1) is 12.1. The lowest BCUT2D eigenvalue weighted by atomic mass is 10.2. The standard InChI is InChI=1S/C9H10Cl2N2O2/c1-4(14)9(15)13-8-6(11)2-5(10)3-7(8)12/h2-4,14H,12H2,1H3,(H,13,15). The Morgan fingerprint density at radius 3 is 2.60 bits per heavy atom. The number of benzene rings is 1. The van der Waals surface area contributed by atoms with Gasteiger partial charge in [0.2, 0.25) is 0 Å². The van der Waals surface area contributed by atoms with Crippen LogP contribution in [0.15, 0.2) is 12.1 Å². The van der Waals surface area contributed by atoms with Gasteiger partial charge in [-0.1, -0.05) is 23.2 Å². The topological polar surface area (TPSA) is 75.3 Å². The minimum absolute atomic E-state index is 0.231. The molecule has 4 N–H and O–H groups in total. The second kappa shape index (κ2) is 4.70. The van der Waals surface area contributed by atoms with Gasteiger partial charge < -0.3 is 16.2 Å². The molecule has 0 fully saturated rings. The molecule has 1 aromatic rings. The average Bonchev–Trinajstić information content (AvgIpc) is 2.10. The van der Waals surface area contributed by atoms with Gasteiger partial charge in [-0.2, -0.15) is 0 Å². The van der Waals surface area contributed by atoms with Crippen molar-refractivity contribution in [3.63, 3.8) is 0 Å². The third-order valence-electron chi connectivity index (χ3n) is 1.71. The number of hydrogen-bond acceptors (Lipinski definition) is 3. The molecule has 0 radical (unpaired) electrons. The van der Waals surface area contributed by atoms with Crippen molar-refractivity contribution in [3.05, 3.63) is 22.2 Å². The largest absolute Gasteiger partial charge is 0.397 e. The van der Waals surface area contributed by atoms with Gasteiger partial charge in [-0.25, -0.2) is 0 Å². The quantitative estimate of drug-likeness (QED) is 0.700. The maximum atomic E-state index is 11.2. The Bertz CT molecular complexity index is 371. The zero-order valence-electron chi connectivity index (χ0n) is 7.92. The van der Waals surface area contributed by atoms with Crippen molar-refractivity contribution < 1.29 is 9.90 Å². The molecule has 15 heavy (non-hydrogen) atoms. The fourth-order valence-electron chi connectivity index (χ4n) is 0.953. The van der Waals surface area contributed by atoms with Crippen LogP contribution >= 0.6 is 23.2 Å². The van der Waals surface area contributed by atoms with Gasteiger partial charge in [0.15, 0.2) is 0 Å². The summed E-state index contributed by atoms with van der Waals surface area (Å²) in [6, 6.07) is 2.92. The molecule has 1 amide bonds. The molecule has 82 valence electrons. The van der Waals surface area contributed by atoms with Gasteiger partial charge in [0.1, 0.15) is 6.10 Å². The normalized spacial score (nSPS) is 12.3. The smallest absolute Gasteiger partial charge is 0.253 e. The lowest BCUT2D eigenvalue weighted by Crippen LogP contribution is -2.25. The fraction of sp³-hybridized carbons (Fsp3) is 0.222. The number of rotatable bonds is 2. The van der Waals surface area contributed by atoms with Gasteiger partial charge in [0.25, 0.3) is 5.91 Å². The van der Waals surface area contributed by atoms with E-state index < -0.39 is 12.0 Å². The summed E-state index contributed by atoms with van der Waals surface area (Å²) in [5, 5.41) is 12.0. The maximum Gasteiger partial charge on any atom is 0.253 e. The van der Waals surface area contributed by atoms with Crippen molar-refractivity contribution >= 4 is 40.5 Å². The zero-order chi connectivity index (χ0) is 11.6. The summed E-state index contributed by atoms with van der Waals surface area (Å²) in [7, 11) is 0. The highest BCUT2D eigenvalue weighted by molar-refractivity contribution is 6.37. The lowest BCUT2D eigenvalue weighted by molar-refractivity contribution is -0.123. The average molecular weight is 249 g/mol. The number of aliphatic hydroxyl groups excluding tert-OH is 1. The molecule has 0 aromatic heterocycles. The summed E-state index contributed by atoms with van der Waals surface area (Å²) in [6.45, 7) is 1.34. The van der Waals surface area contributed by atoms with E-state index in [1.54, 1.807) is 0 Å². The highest BCUT2D eigenvalue weighted by atomic mass is 35.5. The Kier molecular flexibility index (Phi) is 3.79. The molecule has 4 nitrogen and oxygen atoms in total. The van der Waals surface area contributed by atoms with Crippen LogP contribution in [0, 0.1) is 0 Å². The Labute approximate surface area is 97.0 Å². The van der Waals surface area contributed by atoms with Crippen molar-refractivity contribution in [1.82, 2.24) is 0 Å². The van der Waals surface area contributed by atoms with Crippen LogP contribution in [0.2, 0.25) is 10.0 Å². The molecule has 0 spiro atoms. The Morgan fingerprint density at radius 2 is 2.13 bits per heavy atom. The van der Waals surface area contributed by atoms with Crippen molar-refractivity contribution in [2.45, 2.75) is 13.0 Å². The van der Waals surface area contributed by atoms with Crippen LogP contribution in [0.3, 0.4) is 0 Å². The first-order valence-corrected chi connectivity index (χ1v) is 4.91. The van der Waals surface area contributed by atoms with Crippen molar-refractivity contribution in [2.75, 3.05) is 11.1 Å². The molecule has 6 heteroatoms. The molecule has 0 aliphatic heterocycles. The molecule has 0 saturated heterocycles. The highest BCUT2D eigenvalue weighted by Crippen LogP contribution is 2.31. The molecule has 0 aliphatic rings. The van der Waals surface area contributed by atoms with Crippen molar-refractivity contribution in [2.24, 2.45) is 0 Å². The number of nitrogens with one attached hydrogen (secondary N) is 1. The summed E-state index contributed by atoms with van der Waals surface area (Å²) in [5.41, 5.74) is 6.11. The second-order valence-corrected chi connectivity index (χ2v) is 3.86. The van der Waals surface area contributed by atoms with Crippen LogP contribution in [0.5, 0.6) is 0 Å². The second-order valence-electron chi connectivity index (χ2n) is 3.02. The molecule has 1 atom stereocenters. The van der Waals surface area contributed by atoms with Gasteiger partial charge in [-0.15, -0.1) is 0 Å². The van der Waals surface area contributed by atoms with Crippen molar-refractivity contribution in [1.29, 1.82) is 0 Å². The lowest BCUT2D eigenvalue weighted by Gasteiger charge is -2.11. The molecular weight excluding hydrogens is 239 g/mol. The number of halogens is 2. The summed E-state index contributed by atoms with van der Waals surface area (Å²) in [4.78, 5) is 11.2. The van der Waals surface area contributed by atoms with E-state index in [2.05, 4.69) is 5.32 Å². The Morgan fingerprint density at radius 1 is 1.53 bits per heavy atom. The Balaban J connectivity index is 3.00. The molecule has 0 saturated carbocycles. The van der Waals surface area contributed by atoms with Crippen LogP contribution in [-0.2, 0) is 4.79 Å². The van der Waals surface area contributed by atoms with Gasteiger partial charge in [-0.05, 0) is 19.1 Å². The molecule has 1 rings (SSSR count). The van der Waals surface area contributed by atoms with E-state index in [1.165, 1.54) is 19.1 Å². The summed E-state index contributed by atoms with van der Waals surface area (Å²) in [5.74, 6) is -0.578. The molecular formula is C9H10Cl2N2O2. The van der Waals surface area contributed by atoms with Crippen LogP contribution in [0.1, 0.15) is 6.92 Å².